The number of esters is 1. The highest BCUT2D eigenvalue weighted by Gasteiger charge is 2.08. The number of nitrogens with two attached hydrogens (primary N) is 1. The van der Waals surface area contributed by atoms with Crippen LogP contribution in [0.1, 0.15) is 12.0 Å². The predicted molar refractivity (Wildman–Crippen MR) is 95.6 cm³/mol. The summed E-state index contributed by atoms with van der Waals surface area (Å²) in [7, 11) is -3.72. The van der Waals surface area contributed by atoms with E-state index in [1.54, 1.807) is 0 Å². The van der Waals surface area contributed by atoms with E-state index in [0.29, 0.717) is 5.75 Å². The quantitative estimate of drug-likeness (QED) is 0.528. The molecule has 0 bridgehead atoms. The van der Waals surface area contributed by atoms with Gasteiger partial charge in [-0.2, -0.15) is 0 Å². The van der Waals surface area contributed by atoms with Crippen LogP contribution in [0.3, 0.4) is 0 Å². The number of benzene rings is 2. The van der Waals surface area contributed by atoms with Gasteiger partial charge >= 0.3 is 5.97 Å². The van der Waals surface area contributed by atoms with Gasteiger partial charge in [0.1, 0.15) is 24.7 Å². The standard InChI is InChI=1S/C18H21NO6S/c1-14-4-2-3-5-17(14)24-11-10-18(20)25-13-12-23-15-6-8-16(9-7-15)26(19,21)22/h2-9H,10-13H2,1H3,(H2,19,21,22). The summed E-state index contributed by atoms with van der Waals surface area (Å²) >= 11 is 0. The summed E-state index contributed by atoms with van der Waals surface area (Å²) in [5.41, 5.74) is 1.00. The Kier molecular flexibility index (Phi) is 6.99. The molecule has 2 aromatic rings. The molecule has 0 aliphatic rings. The van der Waals surface area contributed by atoms with E-state index in [1.165, 1.54) is 24.3 Å². The fourth-order valence-electron chi connectivity index (χ4n) is 2.08. The maximum Gasteiger partial charge on any atom is 0.309 e. The number of sulfonamides is 1. The Labute approximate surface area is 152 Å². The second-order valence-corrected chi connectivity index (χ2v) is 7.01. The minimum atomic E-state index is -3.72. The maximum absolute atomic E-state index is 11.6. The molecule has 2 N–H and O–H groups in total. The van der Waals surface area contributed by atoms with E-state index in [0.717, 1.165) is 11.3 Å². The number of hydrogen-bond donors (Lipinski definition) is 1. The van der Waals surface area contributed by atoms with E-state index >= 15 is 0 Å². The van der Waals surface area contributed by atoms with Crippen molar-refractivity contribution in [2.75, 3.05) is 19.8 Å². The Hall–Kier alpha value is -2.58. The molecule has 7 nitrogen and oxygen atoms in total. The van der Waals surface area contributed by atoms with Gasteiger partial charge in [-0.25, -0.2) is 13.6 Å². The first-order chi connectivity index (χ1) is 12.4. The number of aryl methyl sites for hydroxylation is 1. The van der Waals surface area contributed by atoms with E-state index in [9.17, 15) is 13.2 Å². The molecule has 2 aromatic carbocycles. The SMILES string of the molecule is Cc1ccccc1OCCC(=O)OCCOc1ccc(S(N)(=O)=O)cc1. The lowest BCUT2D eigenvalue weighted by molar-refractivity contribution is -0.144. The molecule has 26 heavy (non-hydrogen) atoms. The topological polar surface area (TPSA) is 105 Å². The van der Waals surface area contributed by atoms with Crippen LogP contribution in [0.2, 0.25) is 0 Å². The minimum absolute atomic E-state index is 0.00457. The average Bonchev–Trinajstić information content (AvgIpc) is 2.60. The van der Waals surface area contributed by atoms with E-state index < -0.39 is 10.0 Å². The third-order valence-electron chi connectivity index (χ3n) is 3.42. The molecule has 0 fully saturated rings. The predicted octanol–water partition coefficient (Wildman–Crippen LogP) is 2.03. The van der Waals surface area contributed by atoms with Crippen LogP contribution in [0.4, 0.5) is 0 Å². The minimum Gasteiger partial charge on any atom is -0.493 e. The van der Waals surface area contributed by atoms with Crippen LogP contribution in [0.15, 0.2) is 53.4 Å². The van der Waals surface area contributed by atoms with Gasteiger partial charge in [-0.1, -0.05) is 18.2 Å². The number of ether oxygens (including phenoxy) is 3. The van der Waals surface area contributed by atoms with Crippen molar-refractivity contribution >= 4 is 16.0 Å². The molecule has 8 heteroatoms. The van der Waals surface area contributed by atoms with Crippen molar-refractivity contribution in [1.82, 2.24) is 0 Å². The van der Waals surface area contributed by atoms with Crippen molar-refractivity contribution in [3.05, 3.63) is 54.1 Å². The fourth-order valence-corrected chi connectivity index (χ4v) is 2.59. The molecule has 0 aliphatic heterocycles. The maximum atomic E-state index is 11.6. The molecule has 0 saturated carbocycles. The van der Waals surface area contributed by atoms with Crippen molar-refractivity contribution in [3.63, 3.8) is 0 Å². The van der Waals surface area contributed by atoms with Crippen molar-refractivity contribution in [1.29, 1.82) is 0 Å². The molecule has 140 valence electrons. The van der Waals surface area contributed by atoms with Crippen LogP contribution in [0, 0.1) is 6.92 Å². The van der Waals surface area contributed by atoms with E-state index in [2.05, 4.69) is 0 Å². The van der Waals surface area contributed by atoms with E-state index in [-0.39, 0.29) is 37.1 Å². The lowest BCUT2D eigenvalue weighted by Crippen LogP contribution is -2.15. The van der Waals surface area contributed by atoms with E-state index in [4.69, 9.17) is 19.3 Å². The largest absolute Gasteiger partial charge is 0.493 e. The second-order valence-electron chi connectivity index (χ2n) is 5.45. The van der Waals surface area contributed by atoms with Gasteiger partial charge in [0, 0.05) is 0 Å². The van der Waals surface area contributed by atoms with Crippen molar-refractivity contribution < 1.29 is 27.4 Å². The Morgan fingerprint density at radius 2 is 1.65 bits per heavy atom. The smallest absolute Gasteiger partial charge is 0.309 e. The third-order valence-corrected chi connectivity index (χ3v) is 4.35. The zero-order valence-electron chi connectivity index (χ0n) is 14.4. The van der Waals surface area contributed by atoms with Gasteiger partial charge in [-0.15, -0.1) is 0 Å². The fraction of sp³-hybridized carbons (Fsp3) is 0.278. The van der Waals surface area contributed by atoms with Gasteiger partial charge in [0.2, 0.25) is 10.0 Å². The first-order valence-electron chi connectivity index (χ1n) is 7.96. The normalized spacial score (nSPS) is 11.0. The molecular formula is C18H21NO6S. The average molecular weight is 379 g/mol. The molecule has 0 radical (unpaired) electrons. The van der Waals surface area contributed by atoms with Gasteiger partial charge in [0.25, 0.3) is 0 Å². The third kappa shape index (κ3) is 6.38. The summed E-state index contributed by atoms with van der Waals surface area (Å²) in [5, 5.41) is 5.01. The van der Waals surface area contributed by atoms with Crippen molar-refractivity contribution in [3.8, 4) is 11.5 Å². The van der Waals surface area contributed by atoms with Crippen LogP contribution < -0.4 is 14.6 Å². The highest BCUT2D eigenvalue weighted by molar-refractivity contribution is 7.89. The van der Waals surface area contributed by atoms with Crippen LogP contribution >= 0.6 is 0 Å². The Balaban J connectivity index is 1.63. The van der Waals surface area contributed by atoms with Gasteiger partial charge < -0.3 is 14.2 Å². The molecule has 0 saturated heterocycles. The van der Waals surface area contributed by atoms with Crippen LogP contribution in [-0.4, -0.2) is 34.2 Å². The number of rotatable bonds is 9. The summed E-state index contributed by atoms with van der Waals surface area (Å²) in [6, 6.07) is 13.2. The highest BCUT2D eigenvalue weighted by atomic mass is 32.2. The van der Waals surface area contributed by atoms with E-state index in [1.807, 2.05) is 31.2 Å². The number of carbonyl (C=O) groups excluding carboxylic acids is 1. The molecule has 0 amide bonds. The Bertz CT molecular complexity index is 833. The van der Waals surface area contributed by atoms with Gasteiger partial charge in [-0.05, 0) is 42.8 Å². The summed E-state index contributed by atoms with van der Waals surface area (Å²) < 4.78 is 38.2. The Morgan fingerprint density at radius 3 is 2.31 bits per heavy atom. The zero-order valence-corrected chi connectivity index (χ0v) is 15.2. The number of para-hydroxylation sites is 1. The van der Waals surface area contributed by atoms with Crippen molar-refractivity contribution in [2.45, 2.75) is 18.2 Å². The van der Waals surface area contributed by atoms with Gasteiger partial charge in [0.15, 0.2) is 0 Å². The Morgan fingerprint density at radius 1 is 0.962 bits per heavy atom. The number of carbonyl (C=O) groups is 1. The second kappa shape index (κ2) is 9.21. The lowest BCUT2D eigenvalue weighted by atomic mass is 10.2. The molecule has 0 atom stereocenters. The molecular weight excluding hydrogens is 358 g/mol. The van der Waals surface area contributed by atoms with Gasteiger partial charge in [-0.3, -0.25) is 4.79 Å². The van der Waals surface area contributed by atoms with Crippen LogP contribution in [0.5, 0.6) is 11.5 Å². The first kappa shape index (κ1) is 19.7. The molecule has 2 rings (SSSR count). The molecule has 0 unspecified atom stereocenters. The van der Waals surface area contributed by atoms with Gasteiger partial charge in [0.05, 0.1) is 17.9 Å². The molecule has 0 aromatic heterocycles. The zero-order chi connectivity index (χ0) is 19.0. The lowest BCUT2D eigenvalue weighted by Gasteiger charge is -2.09. The first-order valence-corrected chi connectivity index (χ1v) is 9.50. The number of primary sulfonamides is 1. The molecule has 0 aliphatic carbocycles. The highest BCUT2D eigenvalue weighted by Crippen LogP contribution is 2.16. The summed E-state index contributed by atoms with van der Waals surface area (Å²) in [4.78, 5) is 11.7. The monoisotopic (exact) mass is 379 g/mol. The number of hydrogen-bond acceptors (Lipinski definition) is 6. The molecule has 0 heterocycles. The van der Waals surface area contributed by atoms with Crippen molar-refractivity contribution in [2.24, 2.45) is 5.14 Å². The summed E-state index contributed by atoms with van der Waals surface area (Å²) in [6.45, 7) is 2.40. The van der Waals surface area contributed by atoms with Crippen LogP contribution in [0.25, 0.3) is 0 Å². The molecule has 0 spiro atoms. The summed E-state index contributed by atoms with van der Waals surface area (Å²) in [6.07, 6.45) is 0.136. The summed E-state index contributed by atoms with van der Waals surface area (Å²) in [5.74, 6) is 0.815. The van der Waals surface area contributed by atoms with Crippen LogP contribution in [-0.2, 0) is 19.6 Å².